The Bertz CT molecular complexity index is 287. The van der Waals surface area contributed by atoms with Gasteiger partial charge in [0, 0.05) is 12.4 Å². The molecule has 0 fully saturated rings. The van der Waals surface area contributed by atoms with Gasteiger partial charge in [0.2, 0.25) is 0 Å². The maximum Gasteiger partial charge on any atom is 0.0309 e. The Morgan fingerprint density at radius 1 is 1.50 bits per heavy atom. The lowest BCUT2D eigenvalue weighted by molar-refractivity contribution is 1.21. The van der Waals surface area contributed by atoms with Gasteiger partial charge in [0.25, 0.3) is 0 Å². The van der Waals surface area contributed by atoms with E-state index in [4.69, 9.17) is 0 Å². The molecule has 2 rings (SSSR count). The van der Waals surface area contributed by atoms with Gasteiger partial charge >= 0.3 is 0 Å². The fourth-order valence-corrected chi connectivity index (χ4v) is 1.35. The van der Waals surface area contributed by atoms with Gasteiger partial charge in [0.15, 0.2) is 0 Å². The van der Waals surface area contributed by atoms with Crippen LogP contribution in [0.2, 0.25) is 0 Å². The summed E-state index contributed by atoms with van der Waals surface area (Å²) in [5.74, 6) is 0. The Labute approximate surface area is 60.4 Å². The van der Waals surface area contributed by atoms with E-state index in [1.54, 1.807) is 0 Å². The molecule has 10 heavy (non-hydrogen) atoms. The lowest BCUT2D eigenvalue weighted by atomic mass is 10.1. The Morgan fingerprint density at radius 3 is 3.20 bits per heavy atom. The maximum absolute atomic E-state index is 4.06. The van der Waals surface area contributed by atoms with Crippen molar-refractivity contribution >= 4 is 5.57 Å². The molecule has 1 heteroatoms. The zero-order chi connectivity index (χ0) is 6.97. The van der Waals surface area contributed by atoms with E-state index < -0.39 is 0 Å². The quantitative estimate of drug-likeness (QED) is 0.525. The van der Waals surface area contributed by atoms with E-state index in [1.165, 1.54) is 16.7 Å². The highest BCUT2D eigenvalue weighted by atomic mass is 14.6. The first-order valence-corrected chi connectivity index (χ1v) is 3.48. The number of rotatable bonds is 0. The molecular weight excluding hydrogens is 122 g/mol. The number of pyridine rings is 1. The van der Waals surface area contributed by atoms with E-state index >= 15 is 0 Å². The van der Waals surface area contributed by atoms with Crippen molar-refractivity contribution in [3.63, 3.8) is 0 Å². The van der Waals surface area contributed by atoms with Crippen molar-refractivity contribution in [2.45, 2.75) is 13.3 Å². The molecule has 1 aliphatic carbocycles. The first-order chi connectivity index (χ1) is 4.88. The molecule has 1 aromatic heterocycles. The molecule has 0 spiro atoms. The van der Waals surface area contributed by atoms with Crippen molar-refractivity contribution in [1.29, 1.82) is 0 Å². The molecule has 1 aliphatic rings. The normalized spacial score (nSPS) is 14.7. The summed E-state index contributed by atoms with van der Waals surface area (Å²) in [7, 11) is 0. The van der Waals surface area contributed by atoms with Gasteiger partial charge in [0.05, 0.1) is 0 Å². The topological polar surface area (TPSA) is 12.9 Å². The van der Waals surface area contributed by atoms with Crippen LogP contribution >= 0.6 is 0 Å². The smallest absolute Gasteiger partial charge is 0.0309 e. The van der Waals surface area contributed by atoms with E-state index in [0.717, 1.165) is 6.42 Å². The summed E-state index contributed by atoms with van der Waals surface area (Å²) in [5.41, 5.74) is 4.12. The van der Waals surface area contributed by atoms with Gasteiger partial charge in [-0.15, -0.1) is 0 Å². The SMILES string of the molecule is CC1=CCc2cnccc21. The molecule has 0 radical (unpaired) electrons. The zero-order valence-electron chi connectivity index (χ0n) is 5.96. The van der Waals surface area contributed by atoms with Crippen LogP contribution in [0.3, 0.4) is 0 Å². The number of allylic oxidation sites excluding steroid dienone is 2. The van der Waals surface area contributed by atoms with Crippen LogP contribution in [-0.2, 0) is 6.42 Å². The molecule has 0 saturated heterocycles. The van der Waals surface area contributed by atoms with Crippen molar-refractivity contribution in [1.82, 2.24) is 4.98 Å². The predicted molar refractivity (Wildman–Crippen MR) is 41.6 cm³/mol. The van der Waals surface area contributed by atoms with Crippen molar-refractivity contribution in [3.8, 4) is 0 Å². The minimum atomic E-state index is 1.06. The molecule has 0 aromatic carbocycles. The zero-order valence-corrected chi connectivity index (χ0v) is 5.96. The highest BCUT2D eigenvalue weighted by Crippen LogP contribution is 2.24. The number of aromatic nitrogens is 1. The molecule has 1 nitrogen and oxygen atoms in total. The van der Waals surface area contributed by atoms with Crippen LogP contribution in [0.1, 0.15) is 18.1 Å². The van der Waals surface area contributed by atoms with Gasteiger partial charge in [-0.2, -0.15) is 0 Å². The summed E-state index contributed by atoms with van der Waals surface area (Å²) >= 11 is 0. The van der Waals surface area contributed by atoms with E-state index in [1.807, 2.05) is 12.4 Å². The first-order valence-electron chi connectivity index (χ1n) is 3.48. The summed E-state index contributed by atoms with van der Waals surface area (Å²) in [6, 6.07) is 2.08. The molecule has 1 aromatic rings. The highest BCUT2D eigenvalue weighted by Gasteiger charge is 2.08. The third kappa shape index (κ3) is 0.670. The van der Waals surface area contributed by atoms with E-state index in [0.29, 0.717) is 0 Å². The van der Waals surface area contributed by atoms with Crippen LogP contribution < -0.4 is 0 Å². The van der Waals surface area contributed by atoms with Crippen molar-refractivity contribution < 1.29 is 0 Å². The van der Waals surface area contributed by atoms with E-state index in [-0.39, 0.29) is 0 Å². The molecule has 0 amide bonds. The van der Waals surface area contributed by atoms with Gasteiger partial charge in [-0.3, -0.25) is 4.98 Å². The van der Waals surface area contributed by atoms with Crippen LogP contribution in [0.15, 0.2) is 24.5 Å². The summed E-state index contributed by atoms with van der Waals surface area (Å²) in [4.78, 5) is 4.06. The first kappa shape index (κ1) is 5.66. The number of hydrogen-bond donors (Lipinski definition) is 0. The Kier molecular flexibility index (Phi) is 1.10. The largest absolute Gasteiger partial charge is 0.264 e. The molecule has 1 heterocycles. The monoisotopic (exact) mass is 131 g/mol. The molecule has 0 aliphatic heterocycles. The number of nitrogens with zero attached hydrogens (tertiary/aromatic N) is 1. The molecule has 0 unspecified atom stereocenters. The summed E-state index contributed by atoms with van der Waals surface area (Å²) in [5, 5.41) is 0. The van der Waals surface area contributed by atoms with E-state index in [2.05, 4.69) is 24.1 Å². The second kappa shape index (κ2) is 1.94. The van der Waals surface area contributed by atoms with Gasteiger partial charge in [-0.25, -0.2) is 0 Å². The molecule has 0 saturated carbocycles. The minimum Gasteiger partial charge on any atom is -0.264 e. The van der Waals surface area contributed by atoms with Crippen molar-refractivity contribution in [3.05, 3.63) is 35.7 Å². The molecule has 50 valence electrons. The standard InChI is InChI=1S/C9H9N/c1-7-2-3-8-6-10-5-4-9(7)8/h2,4-6H,3H2,1H3. The van der Waals surface area contributed by atoms with Gasteiger partial charge in [-0.05, 0) is 36.1 Å². The molecule has 0 atom stereocenters. The van der Waals surface area contributed by atoms with E-state index in [9.17, 15) is 0 Å². The Morgan fingerprint density at radius 2 is 2.40 bits per heavy atom. The fourth-order valence-electron chi connectivity index (χ4n) is 1.35. The number of hydrogen-bond acceptors (Lipinski definition) is 1. The lowest BCUT2D eigenvalue weighted by Crippen LogP contribution is -1.82. The maximum atomic E-state index is 4.06. The second-order valence-electron chi connectivity index (χ2n) is 2.62. The number of fused-ring (bicyclic) bond motifs is 1. The predicted octanol–water partition coefficient (Wildman–Crippen LogP) is 2.04. The van der Waals surface area contributed by atoms with Gasteiger partial charge in [0.1, 0.15) is 0 Å². The van der Waals surface area contributed by atoms with Gasteiger partial charge < -0.3 is 0 Å². The summed E-state index contributed by atoms with van der Waals surface area (Å²) in [6.45, 7) is 2.14. The van der Waals surface area contributed by atoms with Crippen LogP contribution in [0, 0.1) is 0 Å². The Balaban J connectivity index is 2.61. The van der Waals surface area contributed by atoms with Crippen LogP contribution in [-0.4, -0.2) is 4.98 Å². The van der Waals surface area contributed by atoms with Crippen molar-refractivity contribution in [2.24, 2.45) is 0 Å². The molecule has 0 N–H and O–H groups in total. The average molecular weight is 131 g/mol. The van der Waals surface area contributed by atoms with Gasteiger partial charge in [-0.1, -0.05) is 6.08 Å². The lowest BCUT2D eigenvalue weighted by Gasteiger charge is -1.96. The third-order valence-electron chi connectivity index (χ3n) is 1.96. The van der Waals surface area contributed by atoms with Crippen LogP contribution in [0.5, 0.6) is 0 Å². The minimum absolute atomic E-state index is 1.06. The van der Waals surface area contributed by atoms with Crippen LogP contribution in [0.25, 0.3) is 5.57 Å². The second-order valence-corrected chi connectivity index (χ2v) is 2.62. The average Bonchev–Trinajstić information content (AvgIpc) is 2.34. The highest BCUT2D eigenvalue weighted by molar-refractivity contribution is 5.70. The van der Waals surface area contributed by atoms with Crippen molar-refractivity contribution in [2.75, 3.05) is 0 Å². The third-order valence-corrected chi connectivity index (χ3v) is 1.96. The fraction of sp³-hybridized carbons (Fsp3) is 0.222. The van der Waals surface area contributed by atoms with Crippen LogP contribution in [0.4, 0.5) is 0 Å². The summed E-state index contributed by atoms with van der Waals surface area (Å²) < 4.78 is 0. The molecule has 0 bridgehead atoms. The Hall–Kier alpha value is -1.11. The summed E-state index contributed by atoms with van der Waals surface area (Å²) in [6.07, 6.45) is 7.10. The molecular formula is C9H9N.